The molecule has 0 spiro atoms. The van der Waals surface area contributed by atoms with Gasteiger partial charge in [0.15, 0.2) is 0 Å². The third-order valence-electron chi connectivity index (χ3n) is 1.89. The van der Waals surface area contributed by atoms with E-state index in [2.05, 4.69) is 11.4 Å². The topological polar surface area (TPSA) is 70.0 Å². The lowest BCUT2D eigenvalue weighted by molar-refractivity contribution is 0.0265. The minimum absolute atomic E-state index is 0.498. The maximum Gasteiger partial charge on any atom is 0.471 e. The van der Waals surface area contributed by atoms with Crippen LogP contribution >= 0.6 is 7.82 Å². The van der Waals surface area contributed by atoms with Crippen LogP contribution in [0.25, 0.3) is 0 Å². The second kappa shape index (κ2) is 6.53. The van der Waals surface area contributed by atoms with Crippen LogP contribution in [0.15, 0.2) is 0 Å². The third kappa shape index (κ3) is 7.47. The summed E-state index contributed by atoms with van der Waals surface area (Å²) in [4.78, 5) is 19.0. The van der Waals surface area contributed by atoms with Gasteiger partial charge in [-0.1, -0.05) is 19.8 Å². The van der Waals surface area contributed by atoms with Gasteiger partial charge in [-0.15, -0.1) is 0 Å². The lowest BCUT2D eigenvalue weighted by Crippen LogP contribution is -2.29. The van der Waals surface area contributed by atoms with Crippen LogP contribution in [0.4, 0.5) is 0 Å². The van der Waals surface area contributed by atoms with Crippen molar-refractivity contribution in [3.05, 3.63) is 0 Å². The van der Waals surface area contributed by atoms with Gasteiger partial charge in [0.05, 0.1) is 0 Å². The highest BCUT2D eigenvalue weighted by Crippen LogP contribution is 2.38. The maximum atomic E-state index is 10.6. The number of phosphoric ester groups is 1. The normalized spacial score (nSPS) is 14.7. The zero-order valence-electron chi connectivity index (χ0n) is 9.01. The van der Waals surface area contributed by atoms with E-state index in [-0.39, 0.29) is 0 Å². The fourth-order valence-electron chi connectivity index (χ4n) is 1.13. The molecule has 0 saturated carbocycles. The predicted molar refractivity (Wildman–Crippen MR) is 54.7 cm³/mol. The second-order valence-electron chi connectivity index (χ2n) is 3.51. The lowest BCUT2D eigenvalue weighted by Gasteiger charge is -2.24. The largest absolute Gasteiger partial charge is 0.471 e. The number of hydrogen-bond donors (Lipinski definition) is 2. The molecule has 0 rings (SSSR count). The molecule has 0 aromatic rings. The van der Waals surface area contributed by atoms with E-state index in [9.17, 15) is 4.57 Å². The smallest absolute Gasteiger partial charge is 0.303 e. The molecule has 0 radical (unpaired) electrons. The summed E-state index contributed by atoms with van der Waals surface area (Å²) in [5.74, 6) is 0. The summed E-state index contributed by atoms with van der Waals surface area (Å²) in [7, 11) is -0.881. The van der Waals surface area contributed by atoms with Gasteiger partial charge in [-0.3, -0.25) is 9.42 Å². The van der Waals surface area contributed by atoms with Crippen molar-refractivity contribution in [2.24, 2.45) is 0 Å². The molecule has 1 unspecified atom stereocenters. The first-order chi connectivity index (χ1) is 6.37. The van der Waals surface area contributed by atoms with Crippen LogP contribution in [-0.2, 0) is 9.09 Å². The Morgan fingerprint density at radius 3 is 2.29 bits per heavy atom. The van der Waals surface area contributed by atoms with E-state index in [1.165, 1.54) is 0 Å². The summed E-state index contributed by atoms with van der Waals surface area (Å²) in [6.45, 7) is 2.08. The van der Waals surface area contributed by atoms with Gasteiger partial charge in [0, 0.05) is 0 Å². The Morgan fingerprint density at radius 2 is 1.93 bits per heavy atom. The van der Waals surface area contributed by atoms with Crippen LogP contribution in [-0.4, -0.2) is 35.0 Å². The maximum absolute atomic E-state index is 10.6. The van der Waals surface area contributed by atoms with Crippen molar-refractivity contribution in [3.63, 3.8) is 0 Å². The Labute approximate surface area is 85.3 Å². The van der Waals surface area contributed by atoms with Gasteiger partial charge in [-0.05, 0) is 26.9 Å². The minimum atomic E-state index is -4.37. The number of nitrogens with zero attached hydrogens (tertiary/aromatic N) is 1. The molecule has 1 atom stereocenters. The van der Waals surface area contributed by atoms with Crippen LogP contribution in [0.5, 0.6) is 0 Å². The average molecular weight is 225 g/mol. The van der Waals surface area contributed by atoms with E-state index in [0.29, 0.717) is 6.42 Å². The highest BCUT2D eigenvalue weighted by molar-refractivity contribution is 7.46. The van der Waals surface area contributed by atoms with E-state index in [1.807, 2.05) is 0 Å². The molecule has 0 amide bonds. The van der Waals surface area contributed by atoms with E-state index < -0.39 is 14.1 Å². The molecule has 0 bridgehead atoms. The first kappa shape index (κ1) is 14.1. The number of rotatable bonds is 7. The van der Waals surface area contributed by atoms with Crippen molar-refractivity contribution in [2.75, 3.05) is 14.1 Å². The van der Waals surface area contributed by atoms with Crippen LogP contribution in [0.2, 0.25) is 0 Å². The Hall–Kier alpha value is 0.0700. The Kier molecular flexibility index (Phi) is 6.57. The highest BCUT2D eigenvalue weighted by Gasteiger charge is 2.23. The molecule has 0 aromatic carbocycles. The van der Waals surface area contributed by atoms with Crippen LogP contribution < -0.4 is 0 Å². The molecule has 0 aliphatic heterocycles. The van der Waals surface area contributed by atoms with E-state index >= 15 is 0 Å². The molecule has 5 nitrogen and oxygen atoms in total. The molecule has 0 aliphatic carbocycles. The quantitative estimate of drug-likeness (QED) is 0.391. The van der Waals surface area contributed by atoms with Crippen molar-refractivity contribution in [3.8, 4) is 0 Å². The van der Waals surface area contributed by atoms with Gasteiger partial charge in [0.2, 0.25) is 0 Å². The van der Waals surface area contributed by atoms with E-state index in [4.69, 9.17) is 9.79 Å². The standard InChI is InChI=1S/C8H20NO4P/c1-4-5-6-7-8(9(2)3)13-14(10,11)12/h8H,4-7H2,1-3H3,(H2,10,11,12). The van der Waals surface area contributed by atoms with Crippen molar-refractivity contribution in [1.29, 1.82) is 0 Å². The second-order valence-corrected chi connectivity index (χ2v) is 4.70. The van der Waals surface area contributed by atoms with Gasteiger partial charge in [0.1, 0.15) is 6.23 Å². The number of hydrogen-bond acceptors (Lipinski definition) is 3. The lowest BCUT2D eigenvalue weighted by atomic mass is 10.2. The van der Waals surface area contributed by atoms with Crippen molar-refractivity contribution in [1.82, 2.24) is 4.90 Å². The van der Waals surface area contributed by atoms with E-state index in [1.54, 1.807) is 19.0 Å². The van der Waals surface area contributed by atoms with E-state index in [0.717, 1.165) is 19.3 Å². The zero-order valence-corrected chi connectivity index (χ0v) is 9.91. The average Bonchev–Trinajstić information content (AvgIpc) is 2.00. The van der Waals surface area contributed by atoms with Gasteiger partial charge < -0.3 is 9.79 Å². The number of unbranched alkanes of at least 4 members (excludes halogenated alkanes) is 2. The van der Waals surface area contributed by atoms with Gasteiger partial charge in [-0.25, -0.2) is 4.57 Å². The molecule has 86 valence electrons. The molecule has 0 heterocycles. The molecule has 2 N–H and O–H groups in total. The molecular weight excluding hydrogens is 205 g/mol. The number of phosphoric acid groups is 1. The Morgan fingerprint density at radius 1 is 1.36 bits per heavy atom. The van der Waals surface area contributed by atoms with Crippen molar-refractivity contribution in [2.45, 2.75) is 38.8 Å². The first-order valence-corrected chi connectivity index (χ1v) is 6.30. The summed E-state index contributed by atoms with van der Waals surface area (Å²) in [5, 5.41) is 0. The van der Waals surface area contributed by atoms with Crippen molar-refractivity contribution < 1.29 is 18.9 Å². The predicted octanol–water partition coefficient (Wildman–Crippen LogP) is 1.56. The highest BCUT2D eigenvalue weighted by atomic mass is 31.2. The van der Waals surface area contributed by atoms with Gasteiger partial charge in [0.25, 0.3) is 0 Å². The third-order valence-corrected chi connectivity index (χ3v) is 2.41. The molecule has 14 heavy (non-hydrogen) atoms. The summed E-state index contributed by atoms with van der Waals surface area (Å²) in [6.07, 6.45) is 3.19. The molecular formula is C8H20NO4P. The zero-order chi connectivity index (χ0) is 11.2. The monoisotopic (exact) mass is 225 g/mol. The van der Waals surface area contributed by atoms with Gasteiger partial charge >= 0.3 is 7.82 Å². The minimum Gasteiger partial charge on any atom is -0.303 e. The van der Waals surface area contributed by atoms with Gasteiger partial charge in [-0.2, -0.15) is 0 Å². The summed E-state index contributed by atoms with van der Waals surface area (Å²) in [5.41, 5.74) is 0. The Balaban J connectivity index is 3.97. The van der Waals surface area contributed by atoms with Crippen LogP contribution in [0.3, 0.4) is 0 Å². The SMILES string of the molecule is CCCCCC(OP(=O)(O)O)N(C)C. The summed E-state index contributed by atoms with van der Waals surface area (Å²) in [6, 6.07) is 0. The summed E-state index contributed by atoms with van der Waals surface area (Å²) >= 11 is 0. The fraction of sp³-hybridized carbons (Fsp3) is 1.00. The molecule has 6 heteroatoms. The Bertz CT molecular complexity index is 192. The first-order valence-electron chi connectivity index (χ1n) is 4.77. The molecule has 0 saturated heterocycles. The van der Waals surface area contributed by atoms with Crippen molar-refractivity contribution >= 4 is 7.82 Å². The molecule has 0 aromatic heterocycles. The summed E-state index contributed by atoms with van der Waals surface area (Å²) < 4.78 is 15.3. The molecule has 0 fully saturated rings. The molecule has 0 aliphatic rings. The van der Waals surface area contributed by atoms with Crippen LogP contribution in [0, 0.1) is 0 Å². The fourth-order valence-corrected chi connectivity index (χ4v) is 1.74. The van der Waals surface area contributed by atoms with Crippen LogP contribution in [0.1, 0.15) is 32.6 Å².